The van der Waals surface area contributed by atoms with Crippen LogP contribution in [0.3, 0.4) is 0 Å². The van der Waals surface area contributed by atoms with Crippen molar-refractivity contribution in [3.05, 3.63) is 98.7 Å². The maximum atomic E-state index is 12.9. The summed E-state index contributed by atoms with van der Waals surface area (Å²) in [5, 5.41) is 0. The van der Waals surface area contributed by atoms with E-state index in [1.165, 1.54) is 0 Å². The molecule has 1 heterocycles. The highest BCUT2D eigenvalue weighted by Gasteiger charge is 2.17. The summed E-state index contributed by atoms with van der Waals surface area (Å²) in [5.41, 5.74) is 3.10. The lowest BCUT2D eigenvalue weighted by atomic mass is 10.1. The first-order valence-electron chi connectivity index (χ1n) is 8.89. The van der Waals surface area contributed by atoms with Crippen LogP contribution in [0.15, 0.2) is 81.7 Å². The van der Waals surface area contributed by atoms with E-state index in [-0.39, 0.29) is 0 Å². The number of hydrogen-bond donors (Lipinski definition) is 0. The Labute approximate surface area is 185 Å². The number of halogens is 2. The standard InChI is InChI=1S/C23H16Br2N2O2/c1-27-20-13-7-6-12-19(20)26-22(27)14-21(15-8-2-4-10-17(15)24)29-23(28)16-9-3-5-11-18(16)25/h2-14H,1H3/b21-14+. The van der Waals surface area contributed by atoms with Crippen LogP contribution in [-0.4, -0.2) is 15.5 Å². The summed E-state index contributed by atoms with van der Waals surface area (Å²) in [6.07, 6.45) is 1.79. The second-order valence-corrected chi connectivity index (χ2v) is 8.08. The zero-order valence-electron chi connectivity index (χ0n) is 15.5. The topological polar surface area (TPSA) is 44.1 Å². The van der Waals surface area contributed by atoms with E-state index in [0.29, 0.717) is 21.6 Å². The molecule has 0 saturated heterocycles. The number of imidazole rings is 1. The largest absolute Gasteiger partial charge is 0.422 e. The molecule has 4 aromatic rings. The Hall–Kier alpha value is -2.70. The lowest BCUT2D eigenvalue weighted by Gasteiger charge is -2.12. The van der Waals surface area contributed by atoms with Gasteiger partial charge in [-0.25, -0.2) is 9.78 Å². The number of aromatic nitrogens is 2. The number of nitrogens with zero attached hydrogens (tertiary/aromatic N) is 2. The SMILES string of the molecule is Cn1c(/C=C(/OC(=O)c2ccccc2Br)c2ccccc2Br)nc2ccccc21. The highest BCUT2D eigenvalue weighted by Crippen LogP contribution is 2.29. The summed E-state index contributed by atoms with van der Waals surface area (Å²) in [5.74, 6) is 0.659. The first kappa shape index (κ1) is 19.6. The van der Waals surface area contributed by atoms with Gasteiger partial charge in [-0.2, -0.15) is 0 Å². The van der Waals surface area contributed by atoms with Crippen LogP contribution in [0.4, 0.5) is 0 Å². The lowest BCUT2D eigenvalue weighted by molar-refractivity contribution is 0.0692. The number of esters is 1. The van der Waals surface area contributed by atoms with Gasteiger partial charge in [0.25, 0.3) is 0 Å². The average Bonchev–Trinajstić information content (AvgIpc) is 3.04. The summed E-state index contributed by atoms with van der Waals surface area (Å²) in [6.45, 7) is 0. The molecule has 0 aliphatic heterocycles. The third kappa shape index (κ3) is 4.04. The van der Waals surface area contributed by atoms with E-state index in [9.17, 15) is 4.79 Å². The van der Waals surface area contributed by atoms with Gasteiger partial charge in [-0.05, 0) is 46.3 Å². The van der Waals surface area contributed by atoms with Gasteiger partial charge in [0.1, 0.15) is 11.6 Å². The molecule has 0 N–H and O–H groups in total. The highest BCUT2D eigenvalue weighted by molar-refractivity contribution is 9.10. The van der Waals surface area contributed by atoms with E-state index in [1.807, 2.05) is 72.3 Å². The van der Waals surface area contributed by atoms with E-state index >= 15 is 0 Å². The molecule has 0 spiro atoms. The first-order valence-corrected chi connectivity index (χ1v) is 10.5. The van der Waals surface area contributed by atoms with Crippen LogP contribution in [0.1, 0.15) is 21.7 Å². The minimum atomic E-state index is -0.446. The van der Waals surface area contributed by atoms with E-state index in [1.54, 1.807) is 18.2 Å². The maximum absolute atomic E-state index is 12.9. The van der Waals surface area contributed by atoms with Crippen LogP contribution in [0, 0.1) is 0 Å². The van der Waals surface area contributed by atoms with Gasteiger partial charge in [0.05, 0.1) is 16.6 Å². The third-order valence-corrected chi connectivity index (χ3v) is 5.90. The Morgan fingerprint density at radius 1 is 0.897 bits per heavy atom. The number of rotatable bonds is 4. The Balaban J connectivity index is 1.81. The summed E-state index contributed by atoms with van der Waals surface area (Å²) in [4.78, 5) is 17.5. The number of hydrogen-bond acceptors (Lipinski definition) is 3. The van der Waals surface area contributed by atoms with Crippen LogP contribution >= 0.6 is 31.9 Å². The fraction of sp³-hybridized carbons (Fsp3) is 0.0435. The normalized spacial score (nSPS) is 11.6. The smallest absolute Gasteiger partial charge is 0.344 e. The van der Waals surface area contributed by atoms with Gasteiger partial charge >= 0.3 is 5.97 Å². The number of para-hydroxylation sites is 2. The minimum absolute atomic E-state index is 0.414. The molecular formula is C23H16Br2N2O2. The van der Waals surface area contributed by atoms with Crippen molar-refractivity contribution in [2.75, 3.05) is 0 Å². The zero-order chi connectivity index (χ0) is 20.4. The Morgan fingerprint density at radius 2 is 1.48 bits per heavy atom. The highest BCUT2D eigenvalue weighted by atomic mass is 79.9. The molecule has 4 nitrogen and oxygen atoms in total. The molecule has 3 aromatic carbocycles. The molecule has 0 unspecified atom stereocenters. The summed E-state index contributed by atoms with van der Waals surface area (Å²) >= 11 is 6.97. The van der Waals surface area contributed by atoms with Crippen molar-refractivity contribution >= 4 is 60.7 Å². The number of fused-ring (bicyclic) bond motifs is 1. The number of benzene rings is 3. The minimum Gasteiger partial charge on any atom is -0.422 e. The van der Waals surface area contributed by atoms with Crippen LogP contribution in [0.5, 0.6) is 0 Å². The molecule has 0 bridgehead atoms. The molecular weight excluding hydrogens is 496 g/mol. The number of carbonyl (C=O) groups is 1. The van der Waals surface area contributed by atoms with Crippen LogP contribution in [0.2, 0.25) is 0 Å². The van der Waals surface area contributed by atoms with Crippen molar-refractivity contribution in [1.29, 1.82) is 0 Å². The molecule has 0 fully saturated rings. The zero-order valence-corrected chi connectivity index (χ0v) is 18.6. The molecule has 0 aliphatic rings. The molecule has 29 heavy (non-hydrogen) atoms. The van der Waals surface area contributed by atoms with Crippen LogP contribution in [-0.2, 0) is 11.8 Å². The Kier molecular flexibility index (Phi) is 5.65. The number of aryl methyl sites for hydroxylation is 1. The summed E-state index contributed by atoms with van der Waals surface area (Å²) in [6, 6.07) is 22.7. The third-order valence-electron chi connectivity index (χ3n) is 4.52. The molecule has 0 saturated carbocycles. The van der Waals surface area contributed by atoms with Crippen molar-refractivity contribution in [3.8, 4) is 0 Å². The van der Waals surface area contributed by atoms with E-state index in [4.69, 9.17) is 4.74 Å². The van der Waals surface area contributed by atoms with Gasteiger partial charge in [-0.3, -0.25) is 0 Å². The van der Waals surface area contributed by atoms with Crippen molar-refractivity contribution in [2.45, 2.75) is 0 Å². The van der Waals surface area contributed by atoms with Gasteiger partial charge in [0.15, 0.2) is 0 Å². The number of ether oxygens (including phenoxy) is 1. The van der Waals surface area contributed by atoms with Gasteiger partial charge in [0, 0.05) is 27.6 Å². The van der Waals surface area contributed by atoms with Crippen molar-refractivity contribution in [3.63, 3.8) is 0 Å². The van der Waals surface area contributed by atoms with E-state index < -0.39 is 5.97 Å². The summed E-state index contributed by atoms with van der Waals surface area (Å²) in [7, 11) is 1.94. The van der Waals surface area contributed by atoms with Gasteiger partial charge in [-0.1, -0.05) is 58.4 Å². The Morgan fingerprint density at radius 3 is 2.14 bits per heavy atom. The predicted molar refractivity (Wildman–Crippen MR) is 122 cm³/mol. The van der Waals surface area contributed by atoms with Gasteiger partial charge < -0.3 is 9.30 Å². The van der Waals surface area contributed by atoms with E-state index in [0.717, 1.165) is 21.1 Å². The fourth-order valence-electron chi connectivity index (χ4n) is 3.02. The molecule has 0 radical (unpaired) electrons. The molecule has 0 atom stereocenters. The molecule has 0 aliphatic carbocycles. The monoisotopic (exact) mass is 510 g/mol. The second-order valence-electron chi connectivity index (χ2n) is 6.38. The quantitative estimate of drug-likeness (QED) is 0.233. The average molecular weight is 512 g/mol. The van der Waals surface area contributed by atoms with Gasteiger partial charge in [-0.15, -0.1) is 0 Å². The van der Waals surface area contributed by atoms with E-state index in [2.05, 4.69) is 36.8 Å². The second kappa shape index (κ2) is 8.35. The molecule has 4 rings (SSSR count). The van der Waals surface area contributed by atoms with Crippen molar-refractivity contribution in [1.82, 2.24) is 9.55 Å². The molecule has 0 amide bonds. The van der Waals surface area contributed by atoms with Crippen molar-refractivity contribution in [2.24, 2.45) is 7.05 Å². The van der Waals surface area contributed by atoms with Gasteiger partial charge in [0.2, 0.25) is 0 Å². The molecule has 144 valence electrons. The predicted octanol–water partition coefficient (Wildman–Crippen LogP) is 6.45. The van der Waals surface area contributed by atoms with Crippen LogP contribution in [0.25, 0.3) is 22.9 Å². The fourth-order valence-corrected chi connectivity index (χ4v) is 3.94. The maximum Gasteiger partial charge on any atom is 0.344 e. The molecule has 1 aromatic heterocycles. The summed E-state index contributed by atoms with van der Waals surface area (Å²) < 4.78 is 9.32. The van der Waals surface area contributed by atoms with Crippen LogP contribution < -0.4 is 0 Å². The number of carbonyl (C=O) groups excluding carboxylic acids is 1. The molecule has 6 heteroatoms. The van der Waals surface area contributed by atoms with Crippen molar-refractivity contribution < 1.29 is 9.53 Å². The Bertz CT molecular complexity index is 1240. The first-order chi connectivity index (χ1) is 14.0. The lowest BCUT2D eigenvalue weighted by Crippen LogP contribution is -2.06.